The summed E-state index contributed by atoms with van der Waals surface area (Å²) in [7, 11) is 0. The van der Waals surface area contributed by atoms with Gasteiger partial charge in [-0.25, -0.2) is 14.6 Å². The summed E-state index contributed by atoms with van der Waals surface area (Å²) in [6.07, 6.45) is 3.55. The molecule has 0 bridgehead atoms. The molecule has 0 saturated heterocycles. The molecule has 1 aliphatic heterocycles. The standard InChI is InChI=1S/C19H15ClN6O/c1-12-16-9-26-19(14-8-13(20)5-6-15(14)25(16)11-21-12)22-17(23-26)10-24-7-3-2-4-18(24)27/h2-8,11H,9-10H2,1H3. The third-order valence-electron chi connectivity index (χ3n) is 4.76. The van der Waals surface area contributed by atoms with Crippen LogP contribution >= 0.6 is 11.6 Å². The van der Waals surface area contributed by atoms with Crippen molar-refractivity contribution in [2.75, 3.05) is 0 Å². The number of hydrogen-bond donors (Lipinski definition) is 0. The summed E-state index contributed by atoms with van der Waals surface area (Å²) in [6, 6.07) is 10.8. The predicted molar refractivity (Wildman–Crippen MR) is 101 cm³/mol. The van der Waals surface area contributed by atoms with E-state index < -0.39 is 0 Å². The summed E-state index contributed by atoms with van der Waals surface area (Å²) in [5.41, 5.74) is 3.76. The van der Waals surface area contributed by atoms with Crippen molar-refractivity contribution in [1.82, 2.24) is 28.9 Å². The first-order chi connectivity index (χ1) is 13.1. The topological polar surface area (TPSA) is 70.5 Å². The molecular formula is C19H15ClN6O. The Morgan fingerprint density at radius 1 is 1.22 bits per heavy atom. The summed E-state index contributed by atoms with van der Waals surface area (Å²) in [6.45, 7) is 2.84. The molecule has 0 N–H and O–H groups in total. The number of imidazole rings is 1. The fourth-order valence-corrected chi connectivity index (χ4v) is 3.58. The van der Waals surface area contributed by atoms with Gasteiger partial charge in [0.25, 0.3) is 5.56 Å². The van der Waals surface area contributed by atoms with Crippen LogP contribution in [-0.4, -0.2) is 28.9 Å². The van der Waals surface area contributed by atoms with Crippen LogP contribution in [0.5, 0.6) is 0 Å². The van der Waals surface area contributed by atoms with Crippen LogP contribution in [0.3, 0.4) is 0 Å². The number of nitrogens with zero attached hydrogens (tertiary/aromatic N) is 6. The average Bonchev–Trinajstić information content (AvgIpc) is 3.18. The maximum absolute atomic E-state index is 12.0. The second-order valence-corrected chi connectivity index (χ2v) is 6.92. The fourth-order valence-electron chi connectivity index (χ4n) is 3.41. The zero-order valence-electron chi connectivity index (χ0n) is 14.5. The van der Waals surface area contributed by atoms with E-state index >= 15 is 0 Å². The molecule has 0 fully saturated rings. The lowest BCUT2D eigenvalue weighted by atomic mass is 10.1. The lowest BCUT2D eigenvalue weighted by Crippen LogP contribution is -2.19. The molecule has 4 heterocycles. The van der Waals surface area contributed by atoms with Crippen molar-refractivity contribution in [1.29, 1.82) is 0 Å². The van der Waals surface area contributed by atoms with E-state index in [-0.39, 0.29) is 5.56 Å². The van der Waals surface area contributed by atoms with Gasteiger partial charge in [-0.1, -0.05) is 17.7 Å². The zero-order valence-corrected chi connectivity index (χ0v) is 15.3. The van der Waals surface area contributed by atoms with Crippen LogP contribution in [0.1, 0.15) is 17.2 Å². The molecule has 0 atom stereocenters. The molecule has 0 aliphatic carbocycles. The lowest BCUT2D eigenvalue weighted by Gasteiger charge is -2.08. The molecule has 7 nitrogen and oxygen atoms in total. The number of pyridine rings is 1. The third-order valence-corrected chi connectivity index (χ3v) is 5.00. The molecule has 1 aliphatic rings. The molecule has 1 aromatic carbocycles. The molecular weight excluding hydrogens is 364 g/mol. The van der Waals surface area contributed by atoms with E-state index in [0.29, 0.717) is 23.9 Å². The quantitative estimate of drug-likeness (QED) is 0.473. The Morgan fingerprint density at radius 3 is 2.96 bits per heavy atom. The molecule has 27 heavy (non-hydrogen) atoms. The van der Waals surface area contributed by atoms with E-state index in [1.54, 1.807) is 16.8 Å². The highest BCUT2D eigenvalue weighted by Crippen LogP contribution is 2.33. The first kappa shape index (κ1) is 16.0. The van der Waals surface area contributed by atoms with Crippen LogP contribution in [0.15, 0.2) is 53.7 Å². The van der Waals surface area contributed by atoms with Crippen LogP contribution in [0.4, 0.5) is 0 Å². The Labute approximate surface area is 159 Å². The number of aromatic nitrogens is 6. The van der Waals surface area contributed by atoms with Crippen LogP contribution in [-0.2, 0) is 13.1 Å². The maximum atomic E-state index is 12.0. The number of halogens is 1. The van der Waals surface area contributed by atoms with Crippen molar-refractivity contribution in [2.45, 2.75) is 20.0 Å². The largest absolute Gasteiger partial charge is 0.308 e. The first-order valence-electron chi connectivity index (χ1n) is 8.52. The maximum Gasteiger partial charge on any atom is 0.250 e. The molecule has 8 heteroatoms. The summed E-state index contributed by atoms with van der Waals surface area (Å²) in [5, 5.41) is 5.29. The predicted octanol–water partition coefficient (Wildman–Crippen LogP) is 2.66. The highest BCUT2D eigenvalue weighted by molar-refractivity contribution is 6.31. The molecule has 4 aromatic rings. The van der Waals surface area contributed by atoms with Gasteiger partial charge < -0.3 is 9.13 Å². The number of aryl methyl sites for hydroxylation is 1. The number of fused-ring (bicyclic) bond motifs is 5. The molecule has 0 spiro atoms. The van der Waals surface area contributed by atoms with Crippen LogP contribution in [0.25, 0.3) is 17.1 Å². The average molecular weight is 379 g/mol. The smallest absolute Gasteiger partial charge is 0.250 e. The normalized spacial score (nSPS) is 12.2. The number of rotatable bonds is 2. The summed E-state index contributed by atoms with van der Waals surface area (Å²) in [4.78, 5) is 21.2. The van der Waals surface area contributed by atoms with Crippen molar-refractivity contribution in [2.24, 2.45) is 0 Å². The number of benzene rings is 1. The second kappa shape index (κ2) is 5.92. The minimum Gasteiger partial charge on any atom is -0.308 e. The van der Waals surface area contributed by atoms with Crippen molar-refractivity contribution < 1.29 is 0 Å². The SMILES string of the molecule is Cc1ncn2c1Cn1nc(Cn3ccccc3=O)nc1-c1cc(Cl)ccc1-2. The van der Waals surface area contributed by atoms with Gasteiger partial charge in [0, 0.05) is 22.8 Å². The Hall–Kier alpha value is -3.19. The fraction of sp³-hybridized carbons (Fsp3) is 0.158. The molecule has 0 saturated carbocycles. The van der Waals surface area contributed by atoms with Gasteiger partial charge in [0.15, 0.2) is 11.6 Å². The summed E-state index contributed by atoms with van der Waals surface area (Å²) in [5.74, 6) is 1.31. The van der Waals surface area contributed by atoms with Gasteiger partial charge in [-0.15, -0.1) is 0 Å². The molecule has 3 aromatic heterocycles. The second-order valence-electron chi connectivity index (χ2n) is 6.48. The van der Waals surface area contributed by atoms with Crippen molar-refractivity contribution in [3.63, 3.8) is 0 Å². The Morgan fingerprint density at radius 2 is 2.11 bits per heavy atom. The monoisotopic (exact) mass is 378 g/mol. The number of hydrogen-bond acceptors (Lipinski definition) is 4. The van der Waals surface area contributed by atoms with Gasteiger partial charge in [0.2, 0.25) is 0 Å². The van der Waals surface area contributed by atoms with E-state index in [1.165, 1.54) is 6.07 Å². The molecule has 0 unspecified atom stereocenters. The van der Waals surface area contributed by atoms with Crippen molar-refractivity contribution in [3.8, 4) is 17.1 Å². The van der Waals surface area contributed by atoms with Gasteiger partial charge in [-0.05, 0) is 31.2 Å². The first-order valence-corrected chi connectivity index (χ1v) is 8.90. The van der Waals surface area contributed by atoms with Gasteiger partial charge in [0.1, 0.15) is 0 Å². The van der Waals surface area contributed by atoms with E-state index in [4.69, 9.17) is 16.6 Å². The zero-order chi connectivity index (χ0) is 18.5. The van der Waals surface area contributed by atoms with Gasteiger partial charge in [-0.3, -0.25) is 4.79 Å². The van der Waals surface area contributed by atoms with E-state index in [2.05, 4.69) is 14.6 Å². The Bertz CT molecular complexity index is 1240. The summed E-state index contributed by atoms with van der Waals surface area (Å²) < 4.78 is 5.49. The summed E-state index contributed by atoms with van der Waals surface area (Å²) >= 11 is 6.26. The van der Waals surface area contributed by atoms with Crippen LogP contribution in [0, 0.1) is 6.92 Å². The molecule has 0 amide bonds. The van der Waals surface area contributed by atoms with Crippen LogP contribution < -0.4 is 5.56 Å². The van der Waals surface area contributed by atoms with E-state index in [9.17, 15) is 4.79 Å². The van der Waals surface area contributed by atoms with Crippen molar-refractivity contribution in [3.05, 3.63) is 81.5 Å². The molecule has 134 valence electrons. The van der Waals surface area contributed by atoms with E-state index in [0.717, 1.165) is 28.5 Å². The molecule has 0 radical (unpaired) electrons. The van der Waals surface area contributed by atoms with Crippen molar-refractivity contribution >= 4 is 11.6 Å². The van der Waals surface area contributed by atoms with Crippen LogP contribution in [0.2, 0.25) is 5.02 Å². The highest BCUT2D eigenvalue weighted by Gasteiger charge is 2.24. The Balaban J connectivity index is 1.68. The van der Waals surface area contributed by atoms with Gasteiger partial charge >= 0.3 is 0 Å². The highest BCUT2D eigenvalue weighted by atomic mass is 35.5. The van der Waals surface area contributed by atoms with Gasteiger partial charge in [-0.2, -0.15) is 5.10 Å². The minimum absolute atomic E-state index is 0.0835. The minimum atomic E-state index is -0.0835. The Kier molecular flexibility index (Phi) is 3.51. The van der Waals surface area contributed by atoms with E-state index in [1.807, 2.05) is 42.2 Å². The third kappa shape index (κ3) is 2.59. The van der Waals surface area contributed by atoms with Gasteiger partial charge in [0.05, 0.1) is 36.5 Å². The lowest BCUT2D eigenvalue weighted by molar-refractivity contribution is 0.642. The molecule has 5 rings (SSSR count).